The van der Waals surface area contributed by atoms with Crippen LogP contribution in [0.2, 0.25) is 0 Å². The summed E-state index contributed by atoms with van der Waals surface area (Å²) in [5, 5.41) is 21.8. The number of aliphatic hydroxyl groups is 1. The summed E-state index contributed by atoms with van der Waals surface area (Å²) < 4.78 is 16.9. The monoisotopic (exact) mass is 497 g/mol. The smallest absolute Gasteiger partial charge is 0.339 e. The minimum atomic E-state index is -1.16. The van der Waals surface area contributed by atoms with Gasteiger partial charge in [-0.2, -0.15) is 0 Å². The third kappa shape index (κ3) is 5.95. The number of aromatic nitrogens is 1. The van der Waals surface area contributed by atoms with Gasteiger partial charge in [-0.05, 0) is 43.7 Å². The maximum atomic E-state index is 12.9. The van der Waals surface area contributed by atoms with Gasteiger partial charge in [-0.1, -0.05) is 13.0 Å². The molecule has 0 spiro atoms. The quantitative estimate of drug-likeness (QED) is 0.276. The van der Waals surface area contributed by atoms with Crippen LogP contribution in [0.25, 0.3) is 10.9 Å². The summed E-state index contributed by atoms with van der Waals surface area (Å²) in [6.07, 6.45) is 1.07. The molecule has 2 aromatic carbocycles. The van der Waals surface area contributed by atoms with Crippen molar-refractivity contribution in [3.05, 3.63) is 53.2 Å². The lowest BCUT2D eigenvalue weighted by Gasteiger charge is -2.20. The molecule has 10 nitrogen and oxygen atoms in total. The summed E-state index contributed by atoms with van der Waals surface area (Å²) in [6.45, 7) is 3.99. The maximum absolute atomic E-state index is 12.9. The predicted octanol–water partition coefficient (Wildman–Crippen LogP) is 3.18. The van der Waals surface area contributed by atoms with Gasteiger partial charge in [0.1, 0.15) is 17.9 Å². The molecule has 0 saturated heterocycles. The van der Waals surface area contributed by atoms with Crippen LogP contribution in [0.4, 0.5) is 5.69 Å². The number of nitrogens with one attached hydrogen (secondary N) is 1. The highest BCUT2D eigenvalue weighted by Crippen LogP contribution is 2.33. The van der Waals surface area contributed by atoms with Crippen LogP contribution in [0.5, 0.6) is 17.2 Å². The van der Waals surface area contributed by atoms with Crippen LogP contribution >= 0.6 is 0 Å². The number of nitrogens with zero attached hydrogens (tertiary/aromatic N) is 1. The third-order valence-electron chi connectivity index (χ3n) is 5.66. The number of rotatable bonds is 12. The molecule has 1 unspecified atom stereocenters. The Labute approximate surface area is 209 Å². The standard InChI is InChI=1S/C26H31N3O7/c1-4-17(29-25(31)16-9-10-19(21(13-16)34-3)35-12-6-11-30)14-36-20-8-5-7-18-23(20)24(27)22(26(32)33)15(2)28-18/h5,7-10,13,17,30H,4,6,11-12,14H2,1-3H3,(H2,27,28)(H,29,31)(H,32,33). The van der Waals surface area contributed by atoms with Crippen LogP contribution in [0.1, 0.15) is 46.2 Å². The number of hydrogen-bond donors (Lipinski definition) is 4. The number of aryl methyl sites for hydroxylation is 1. The van der Waals surface area contributed by atoms with Crippen LogP contribution in [0, 0.1) is 6.92 Å². The molecule has 10 heteroatoms. The van der Waals surface area contributed by atoms with Crippen molar-refractivity contribution in [2.45, 2.75) is 32.7 Å². The number of benzene rings is 2. The molecule has 1 atom stereocenters. The number of nitrogens with two attached hydrogens (primary N) is 1. The maximum Gasteiger partial charge on any atom is 0.339 e. The van der Waals surface area contributed by atoms with Gasteiger partial charge >= 0.3 is 5.97 Å². The van der Waals surface area contributed by atoms with Crippen LogP contribution in [0.15, 0.2) is 36.4 Å². The summed E-state index contributed by atoms with van der Waals surface area (Å²) in [4.78, 5) is 28.9. The number of aromatic carboxylic acids is 1. The Hall–Kier alpha value is -4.05. The number of anilines is 1. The molecule has 3 rings (SSSR count). The fraction of sp³-hybridized carbons (Fsp3) is 0.346. The number of nitrogen functional groups attached to an aromatic ring is 1. The molecule has 1 aromatic heterocycles. The highest BCUT2D eigenvalue weighted by molar-refractivity contribution is 6.06. The van der Waals surface area contributed by atoms with Gasteiger partial charge in [0.2, 0.25) is 0 Å². The second-order valence-electron chi connectivity index (χ2n) is 8.12. The zero-order chi connectivity index (χ0) is 26.2. The first-order valence-electron chi connectivity index (χ1n) is 11.6. The fourth-order valence-corrected chi connectivity index (χ4v) is 3.73. The number of carboxylic acids is 1. The molecular formula is C26H31N3O7. The Balaban J connectivity index is 1.75. The van der Waals surface area contributed by atoms with Crippen molar-refractivity contribution in [2.24, 2.45) is 0 Å². The first-order chi connectivity index (χ1) is 17.3. The van der Waals surface area contributed by atoms with Crippen LogP contribution < -0.4 is 25.3 Å². The Kier molecular flexibility index (Phi) is 8.91. The Morgan fingerprint density at radius 3 is 2.58 bits per heavy atom. The van der Waals surface area contributed by atoms with E-state index in [1.165, 1.54) is 7.11 Å². The topological polar surface area (TPSA) is 153 Å². The molecule has 0 aliphatic carbocycles. The molecule has 1 heterocycles. The van der Waals surface area contributed by atoms with E-state index >= 15 is 0 Å². The van der Waals surface area contributed by atoms with E-state index < -0.39 is 5.97 Å². The van der Waals surface area contributed by atoms with Gasteiger partial charge in [-0.25, -0.2) is 4.79 Å². The van der Waals surface area contributed by atoms with Crippen molar-refractivity contribution in [3.63, 3.8) is 0 Å². The minimum absolute atomic E-state index is 0.0194. The van der Waals surface area contributed by atoms with Crippen molar-refractivity contribution in [3.8, 4) is 17.2 Å². The lowest BCUT2D eigenvalue weighted by molar-refractivity contribution is 0.0696. The van der Waals surface area contributed by atoms with Gasteiger partial charge in [-0.3, -0.25) is 9.78 Å². The number of carbonyl (C=O) groups excluding carboxylic acids is 1. The van der Waals surface area contributed by atoms with Crippen molar-refractivity contribution in [1.82, 2.24) is 10.3 Å². The van der Waals surface area contributed by atoms with E-state index in [9.17, 15) is 14.7 Å². The Morgan fingerprint density at radius 1 is 1.14 bits per heavy atom. The molecule has 5 N–H and O–H groups in total. The van der Waals surface area contributed by atoms with E-state index in [-0.39, 0.29) is 36.4 Å². The predicted molar refractivity (Wildman–Crippen MR) is 135 cm³/mol. The van der Waals surface area contributed by atoms with Gasteiger partial charge in [0.25, 0.3) is 5.91 Å². The van der Waals surface area contributed by atoms with E-state index in [2.05, 4.69) is 10.3 Å². The molecule has 192 valence electrons. The van der Waals surface area contributed by atoms with Gasteiger partial charge in [0.15, 0.2) is 11.5 Å². The lowest BCUT2D eigenvalue weighted by atomic mass is 10.1. The zero-order valence-corrected chi connectivity index (χ0v) is 20.5. The molecule has 0 saturated carbocycles. The average molecular weight is 498 g/mol. The largest absolute Gasteiger partial charge is 0.493 e. The van der Waals surface area contributed by atoms with Crippen molar-refractivity contribution in [1.29, 1.82) is 0 Å². The molecular weight excluding hydrogens is 466 g/mol. The van der Waals surface area contributed by atoms with Gasteiger partial charge in [0.05, 0.1) is 42.0 Å². The summed E-state index contributed by atoms with van der Waals surface area (Å²) in [5.74, 6) is -0.190. The van der Waals surface area contributed by atoms with E-state index in [0.717, 1.165) is 0 Å². The summed E-state index contributed by atoms with van der Waals surface area (Å²) in [7, 11) is 1.49. The van der Waals surface area contributed by atoms with Crippen LogP contribution in [0.3, 0.4) is 0 Å². The summed E-state index contributed by atoms with van der Waals surface area (Å²) >= 11 is 0. The Morgan fingerprint density at radius 2 is 1.92 bits per heavy atom. The summed E-state index contributed by atoms with van der Waals surface area (Å²) in [6, 6.07) is 9.71. The number of hydrogen-bond acceptors (Lipinski definition) is 8. The SMILES string of the molecule is CCC(COc1cccc2nc(C)c(C(=O)O)c(N)c12)NC(=O)c1ccc(OCCCO)c(OC)c1. The number of aliphatic hydroxyl groups excluding tert-OH is 1. The molecule has 0 aliphatic rings. The van der Waals surface area contributed by atoms with E-state index in [4.69, 9.17) is 25.1 Å². The number of pyridine rings is 1. The molecule has 3 aromatic rings. The molecule has 0 bridgehead atoms. The van der Waals surface area contributed by atoms with Crippen molar-refractivity contribution < 1.29 is 34.0 Å². The second kappa shape index (κ2) is 12.1. The fourth-order valence-electron chi connectivity index (χ4n) is 3.73. The highest BCUT2D eigenvalue weighted by atomic mass is 16.5. The van der Waals surface area contributed by atoms with Crippen molar-refractivity contribution in [2.75, 3.05) is 32.7 Å². The van der Waals surface area contributed by atoms with Gasteiger partial charge in [0, 0.05) is 18.6 Å². The minimum Gasteiger partial charge on any atom is -0.493 e. The van der Waals surface area contributed by atoms with Gasteiger partial charge < -0.3 is 35.5 Å². The Bertz CT molecular complexity index is 1250. The lowest BCUT2D eigenvalue weighted by Crippen LogP contribution is -2.38. The molecule has 0 aliphatic heterocycles. The number of ether oxygens (including phenoxy) is 3. The van der Waals surface area contributed by atoms with E-state index in [1.54, 1.807) is 43.3 Å². The number of amides is 1. The first-order valence-corrected chi connectivity index (χ1v) is 11.6. The van der Waals surface area contributed by atoms with Gasteiger partial charge in [-0.15, -0.1) is 0 Å². The zero-order valence-electron chi connectivity index (χ0n) is 20.5. The molecule has 36 heavy (non-hydrogen) atoms. The second-order valence-corrected chi connectivity index (χ2v) is 8.12. The van der Waals surface area contributed by atoms with Crippen LogP contribution in [-0.4, -0.2) is 60.0 Å². The number of carboxylic acid groups (broad SMARTS) is 1. The number of carbonyl (C=O) groups is 2. The normalized spacial score (nSPS) is 11.7. The third-order valence-corrected chi connectivity index (χ3v) is 5.66. The van der Waals surface area contributed by atoms with Crippen molar-refractivity contribution >= 4 is 28.5 Å². The molecule has 0 radical (unpaired) electrons. The number of fused-ring (bicyclic) bond motifs is 1. The molecule has 0 fully saturated rings. The highest BCUT2D eigenvalue weighted by Gasteiger charge is 2.20. The van der Waals surface area contributed by atoms with E-state index in [0.29, 0.717) is 58.9 Å². The van der Waals surface area contributed by atoms with Crippen LogP contribution in [-0.2, 0) is 0 Å². The average Bonchev–Trinajstić information content (AvgIpc) is 2.86. The molecule has 1 amide bonds. The first kappa shape index (κ1) is 26.6. The van der Waals surface area contributed by atoms with E-state index in [1.807, 2.05) is 6.92 Å². The number of methoxy groups -OCH3 is 1. The summed E-state index contributed by atoms with van der Waals surface area (Å²) in [5.41, 5.74) is 7.46.